The predicted octanol–water partition coefficient (Wildman–Crippen LogP) is 2.09. The molecule has 3 nitrogen and oxygen atoms in total. The maximum atomic E-state index is 11.0. The van der Waals surface area contributed by atoms with Crippen LogP contribution in [-0.2, 0) is 17.6 Å². The van der Waals surface area contributed by atoms with E-state index in [4.69, 9.17) is 10.8 Å². The number of nitrogens with two attached hydrogens (primary N) is 1. The lowest BCUT2D eigenvalue weighted by Gasteiger charge is -2.28. The first-order valence-electron chi connectivity index (χ1n) is 5.68. The summed E-state index contributed by atoms with van der Waals surface area (Å²) in [4.78, 5) is 11.0. The van der Waals surface area contributed by atoms with Crippen molar-refractivity contribution in [2.24, 2.45) is 11.8 Å². The molecule has 3 N–H and O–H groups in total. The second kappa shape index (κ2) is 4.16. The Morgan fingerprint density at radius 1 is 1.56 bits per heavy atom. The van der Waals surface area contributed by atoms with E-state index in [-0.39, 0.29) is 11.8 Å². The normalized spacial score (nSPS) is 21.2. The summed E-state index contributed by atoms with van der Waals surface area (Å²) >= 11 is 0. The molecule has 0 aromatic heterocycles. The average Bonchev–Trinajstić information content (AvgIpc) is 2.28. The molecule has 3 heteroatoms. The third-order valence-corrected chi connectivity index (χ3v) is 3.66. The SMILES string of the molecule is CC(C(=O)O)C1CCc2cccc(N)c2C1. The molecule has 0 heterocycles. The van der Waals surface area contributed by atoms with Crippen LogP contribution in [0.2, 0.25) is 0 Å². The van der Waals surface area contributed by atoms with Crippen LogP contribution in [0.1, 0.15) is 24.5 Å². The summed E-state index contributed by atoms with van der Waals surface area (Å²) in [7, 11) is 0. The van der Waals surface area contributed by atoms with Crippen molar-refractivity contribution in [1.29, 1.82) is 0 Å². The predicted molar refractivity (Wildman–Crippen MR) is 63.2 cm³/mol. The van der Waals surface area contributed by atoms with Gasteiger partial charge in [0.25, 0.3) is 0 Å². The lowest BCUT2D eigenvalue weighted by atomic mass is 9.77. The molecule has 2 atom stereocenters. The van der Waals surface area contributed by atoms with Crippen molar-refractivity contribution in [2.75, 3.05) is 5.73 Å². The minimum Gasteiger partial charge on any atom is -0.481 e. The smallest absolute Gasteiger partial charge is 0.306 e. The largest absolute Gasteiger partial charge is 0.481 e. The Balaban J connectivity index is 2.23. The Labute approximate surface area is 95.3 Å². The Morgan fingerprint density at radius 3 is 3.00 bits per heavy atom. The number of aliphatic carboxylic acids is 1. The number of carboxylic acids is 1. The highest BCUT2D eigenvalue weighted by atomic mass is 16.4. The molecule has 0 fully saturated rings. The Bertz CT molecular complexity index is 414. The minimum absolute atomic E-state index is 0.217. The number of hydrogen-bond donors (Lipinski definition) is 2. The molecule has 1 aliphatic carbocycles. The summed E-state index contributed by atoms with van der Waals surface area (Å²) in [5.41, 5.74) is 9.18. The van der Waals surface area contributed by atoms with E-state index in [2.05, 4.69) is 6.07 Å². The first-order chi connectivity index (χ1) is 7.59. The molecule has 0 bridgehead atoms. The highest BCUT2D eigenvalue weighted by molar-refractivity contribution is 5.70. The van der Waals surface area contributed by atoms with E-state index in [1.165, 1.54) is 5.56 Å². The molecule has 1 aromatic carbocycles. The molecular weight excluding hydrogens is 202 g/mol. The molecule has 0 saturated heterocycles. The molecule has 2 unspecified atom stereocenters. The van der Waals surface area contributed by atoms with Crippen LogP contribution < -0.4 is 5.73 Å². The van der Waals surface area contributed by atoms with Crippen LogP contribution in [0.5, 0.6) is 0 Å². The van der Waals surface area contributed by atoms with Crippen molar-refractivity contribution in [2.45, 2.75) is 26.2 Å². The van der Waals surface area contributed by atoms with Crippen LogP contribution in [0.4, 0.5) is 5.69 Å². The molecule has 0 saturated carbocycles. The van der Waals surface area contributed by atoms with Gasteiger partial charge < -0.3 is 10.8 Å². The van der Waals surface area contributed by atoms with Gasteiger partial charge in [-0.15, -0.1) is 0 Å². The molecule has 2 rings (SSSR count). The van der Waals surface area contributed by atoms with Gasteiger partial charge in [0, 0.05) is 5.69 Å². The number of fused-ring (bicyclic) bond motifs is 1. The number of rotatable bonds is 2. The quantitative estimate of drug-likeness (QED) is 0.749. The van der Waals surface area contributed by atoms with Crippen molar-refractivity contribution in [3.8, 4) is 0 Å². The van der Waals surface area contributed by atoms with E-state index in [0.717, 1.165) is 30.5 Å². The van der Waals surface area contributed by atoms with Crippen molar-refractivity contribution in [3.63, 3.8) is 0 Å². The zero-order valence-electron chi connectivity index (χ0n) is 9.44. The van der Waals surface area contributed by atoms with Gasteiger partial charge in [0.05, 0.1) is 5.92 Å². The number of anilines is 1. The van der Waals surface area contributed by atoms with Crippen LogP contribution in [0.15, 0.2) is 18.2 Å². The molecule has 0 aliphatic heterocycles. The number of carboxylic acid groups (broad SMARTS) is 1. The molecule has 1 aromatic rings. The number of carbonyl (C=O) groups is 1. The lowest BCUT2D eigenvalue weighted by Crippen LogP contribution is -2.26. The molecule has 0 amide bonds. The first kappa shape index (κ1) is 11.0. The second-order valence-electron chi connectivity index (χ2n) is 4.61. The van der Waals surface area contributed by atoms with E-state index < -0.39 is 5.97 Å². The number of aryl methyl sites for hydroxylation is 1. The Hall–Kier alpha value is -1.51. The van der Waals surface area contributed by atoms with Gasteiger partial charge in [0.15, 0.2) is 0 Å². The van der Waals surface area contributed by atoms with Gasteiger partial charge in [0.2, 0.25) is 0 Å². The second-order valence-corrected chi connectivity index (χ2v) is 4.61. The zero-order valence-corrected chi connectivity index (χ0v) is 9.44. The van der Waals surface area contributed by atoms with Gasteiger partial charge >= 0.3 is 5.97 Å². The van der Waals surface area contributed by atoms with Gasteiger partial charge in [-0.1, -0.05) is 19.1 Å². The molecule has 16 heavy (non-hydrogen) atoms. The summed E-state index contributed by atoms with van der Waals surface area (Å²) in [6, 6.07) is 5.95. The topological polar surface area (TPSA) is 63.3 Å². The summed E-state index contributed by atoms with van der Waals surface area (Å²) in [6.07, 6.45) is 2.70. The Kier molecular flexibility index (Phi) is 2.86. The van der Waals surface area contributed by atoms with Crippen LogP contribution in [0.3, 0.4) is 0 Å². The fourth-order valence-corrected chi connectivity index (χ4v) is 2.47. The molecule has 0 radical (unpaired) electrons. The molecular formula is C13H17NO2. The van der Waals surface area contributed by atoms with Crippen LogP contribution in [-0.4, -0.2) is 11.1 Å². The standard InChI is InChI=1S/C13H17NO2/c1-8(13(15)16)10-6-5-9-3-2-4-12(14)11(9)7-10/h2-4,8,10H,5-7,14H2,1H3,(H,15,16). The minimum atomic E-state index is -0.706. The van der Waals surface area contributed by atoms with Crippen molar-refractivity contribution < 1.29 is 9.90 Å². The third-order valence-electron chi connectivity index (χ3n) is 3.66. The van der Waals surface area contributed by atoms with Crippen LogP contribution >= 0.6 is 0 Å². The molecule has 1 aliphatic rings. The van der Waals surface area contributed by atoms with Gasteiger partial charge in [-0.25, -0.2) is 0 Å². The third kappa shape index (κ3) is 1.90. The fraction of sp³-hybridized carbons (Fsp3) is 0.462. The van der Waals surface area contributed by atoms with Crippen molar-refractivity contribution in [3.05, 3.63) is 29.3 Å². The number of hydrogen-bond acceptors (Lipinski definition) is 2. The van der Waals surface area contributed by atoms with Crippen LogP contribution in [0.25, 0.3) is 0 Å². The first-order valence-corrected chi connectivity index (χ1v) is 5.68. The van der Waals surface area contributed by atoms with Crippen LogP contribution in [0, 0.1) is 11.8 Å². The van der Waals surface area contributed by atoms with Gasteiger partial charge in [-0.2, -0.15) is 0 Å². The Morgan fingerprint density at radius 2 is 2.31 bits per heavy atom. The highest BCUT2D eigenvalue weighted by Crippen LogP contribution is 2.33. The van der Waals surface area contributed by atoms with E-state index in [1.807, 2.05) is 12.1 Å². The van der Waals surface area contributed by atoms with Gasteiger partial charge in [-0.05, 0) is 42.4 Å². The summed E-state index contributed by atoms with van der Waals surface area (Å²) in [5, 5.41) is 9.02. The monoisotopic (exact) mass is 219 g/mol. The van der Waals surface area contributed by atoms with E-state index in [9.17, 15) is 4.79 Å². The van der Waals surface area contributed by atoms with E-state index in [0.29, 0.717) is 0 Å². The van der Waals surface area contributed by atoms with E-state index in [1.54, 1.807) is 6.92 Å². The maximum absolute atomic E-state index is 11.0. The number of benzene rings is 1. The average molecular weight is 219 g/mol. The van der Waals surface area contributed by atoms with Crippen molar-refractivity contribution >= 4 is 11.7 Å². The maximum Gasteiger partial charge on any atom is 0.306 e. The highest BCUT2D eigenvalue weighted by Gasteiger charge is 2.28. The van der Waals surface area contributed by atoms with E-state index >= 15 is 0 Å². The molecule has 86 valence electrons. The lowest BCUT2D eigenvalue weighted by molar-refractivity contribution is -0.143. The summed E-state index contributed by atoms with van der Waals surface area (Å²) in [5.74, 6) is -0.773. The van der Waals surface area contributed by atoms with Crippen molar-refractivity contribution in [1.82, 2.24) is 0 Å². The molecule has 0 spiro atoms. The summed E-state index contributed by atoms with van der Waals surface area (Å²) in [6.45, 7) is 1.79. The fourth-order valence-electron chi connectivity index (χ4n) is 2.47. The zero-order chi connectivity index (χ0) is 11.7. The van der Waals surface area contributed by atoms with Gasteiger partial charge in [0.1, 0.15) is 0 Å². The number of nitrogen functional groups attached to an aromatic ring is 1. The van der Waals surface area contributed by atoms with Gasteiger partial charge in [-0.3, -0.25) is 4.79 Å². The summed E-state index contributed by atoms with van der Waals surface area (Å²) < 4.78 is 0.